The van der Waals surface area contributed by atoms with Gasteiger partial charge in [-0.2, -0.15) is 0 Å². The summed E-state index contributed by atoms with van der Waals surface area (Å²) in [6.45, 7) is 0. The van der Waals surface area contributed by atoms with Gasteiger partial charge in [0.2, 0.25) is 0 Å². The SMILES string of the molecule is O=C(O)[C@H]1CCC[C@@H]1C(=O)c1ccc(-c2ccc(Nc3nc4ccccc4s3)c(F)c2)cc1. The van der Waals surface area contributed by atoms with E-state index in [2.05, 4.69) is 10.3 Å². The molecule has 7 heteroatoms. The molecule has 0 amide bonds. The van der Waals surface area contributed by atoms with E-state index in [9.17, 15) is 19.1 Å². The van der Waals surface area contributed by atoms with Crippen LogP contribution in [0.4, 0.5) is 15.2 Å². The van der Waals surface area contributed by atoms with Crippen molar-refractivity contribution in [3.05, 3.63) is 78.1 Å². The molecule has 33 heavy (non-hydrogen) atoms. The van der Waals surface area contributed by atoms with Crippen molar-refractivity contribution in [3.63, 3.8) is 0 Å². The molecule has 1 aliphatic carbocycles. The van der Waals surface area contributed by atoms with Crippen LogP contribution in [0.2, 0.25) is 0 Å². The van der Waals surface area contributed by atoms with Crippen molar-refractivity contribution in [2.24, 2.45) is 11.8 Å². The average Bonchev–Trinajstić information content (AvgIpc) is 3.47. The maximum Gasteiger partial charge on any atom is 0.307 e. The van der Waals surface area contributed by atoms with Gasteiger partial charge in [0.05, 0.1) is 21.8 Å². The second kappa shape index (κ2) is 8.75. The Hall–Kier alpha value is -3.58. The van der Waals surface area contributed by atoms with Crippen LogP contribution in [0.15, 0.2) is 66.7 Å². The van der Waals surface area contributed by atoms with Gasteiger partial charge < -0.3 is 10.4 Å². The van der Waals surface area contributed by atoms with Gasteiger partial charge >= 0.3 is 5.97 Å². The van der Waals surface area contributed by atoms with Gasteiger partial charge in [-0.05, 0) is 48.2 Å². The third kappa shape index (κ3) is 4.24. The summed E-state index contributed by atoms with van der Waals surface area (Å²) in [5.41, 5.74) is 3.16. The summed E-state index contributed by atoms with van der Waals surface area (Å²) in [7, 11) is 0. The number of hydrogen-bond acceptors (Lipinski definition) is 5. The molecule has 1 heterocycles. The van der Waals surface area contributed by atoms with Crippen molar-refractivity contribution in [2.45, 2.75) is 19.3 Å². The van der Waals surface area contributed by atoms with Gasteiger partial charge in [-0.3, -0.25) is 9.59 Å². The number of para-hydroxylation sites is 1. The molecule has 2 N–H and O–H groups in total. The number of nitrogens with one attached hydrogen (secondary N) is 1. The van der Waals surface area contributed by atoms with Crippen LogP contribution in [-0.2, 0) is 4.79 Å². The van der Waals surface area contributed by atoms with E-state index in [-0.39, 0.29) is 5.78 Å². The van der Waals surface area contributed by atoms with Crippen LogP contribution in [0.25, 0.3) is 21.3 Å². The molecule has 0 aliphatic heterocycles. The molecular formula is C26H21FN2O3S. The number of hydrogen-bond donors (Lipinski definition) is 2. The first kappa shape index (κ1) is 21.3. The Balaban J connectivity index is 1.33. The number of fused-ring (bicyclic) bond motifs is 1. The highest BCUT2D eigenvalue weighted by atomic mass is 32.1. The number of carbonyl (C=O) groups is 2. The lowest BCUT2D eigenvalue weighted by Gasteiger charge is -2.15. The first-order valence-electron chi connectivity index (χ1n) is 10.8. The standard InChI is InChI=1S/C26H21FN2O3S/c27-20-14-17(12-13-21(20)28-26-29-22-6-1-2-7-23(22)33-26)15-8-10-16(11-9-15)24(30)18-4-3-5-19(18)25(31)32/h1-2,6-14,18-19H,3-5H2,(H,28,29)(H,31,32)/t18-,19-/m0/s1. The topological polar surface area (TPSA) is 79.3 Å². The smallest absolute Gasteiger partial charge is 0.307 e. The van der Waals surface area contributed by atoms with Gasteiger partial charge in [-0.25, -0.2) is 9.37 Å². The lowest BCUT2D eigenvalue weighted by atomic mass is 9.88. The quantitative estimate of drug-likeness (QED) is 0.320. The molecule has 5 rings (SSSR count). The Bertz CT molecular complexity index is 1320. The van der Waals surface area contributed by atoms with E-state index in [0.717, 1.165) is 22.2 Å². The second-order valence-electron chi connectivity index (χ2n) is 8.23. The fourth-order valence-electron chi connectivity index (χ4n) is 4.45. The second-order valence-corrected chi connectivity index (χ2v) is 9.26. The predicted octanol–water partition coefficient (Wildman–Crippen LogP) is 6.53. The van der Waals surface area contributed by atoms with Gasteiger partial charge in [-0.15, -0.1) is 0 Å². The van der Waals surface area contributed by atoms with Gasteiger partial charge in [0, 0.05) is 11.5 Å². The third-order valence-electron chi connectivity index (χ3n) is 6.18. The van der Waals surface area contributed by atoms with Crippen LogP contribution in [0.3, 0.4) is 0 Å². The zero-order chi connectivity index (χ0) is 22.9. The molecule has 1 fully saturated rings. The number of carbonyl (C=O) groups excluding carboxylic acids is 1. The van der Waals surface area contributed by atoms with E-state index in [1.54, 1.807) is 30.3 Å². The lowest BCUT2D eigenvalue weighted by Crippen LogP contribution is -2.25. The number of aliphatic carboxylic acids is 1. The van der Waals surface area contributed by atoms with Crippen LogP contribution < -0.4 is 5.32 Å². The Kier molecular flexibility index (Phi) is 5.64. The average molecular weight is 461 g/mol. The fraction of sp³-hybridized carbons (Fsp3) is 0.192. The van der Waals surface area contributed by atoms with Gasteiger partial charge in [0.15, 0.2) is 10.9 Å². The Morgan fingerprint density at radius 2 is 1.70 bits per heavy atom. The number of nitrogens with zero attached hydrogens (tertiary/aromatic N) is 1. The number of benzene rings is 3. The number of anilines is 2. The number of carboxylic acids is 1. The highest BCUT2D eigenvalue weighted by Crippen LogP contribution is 2.35. The molecule has 0 radical (unpaired) electrons. The van der Waals surface area contributed by atoms with E-state index in [1.165, 1.54) is 17.4 Å². The number of thiazole rings is 1. The van der Waals surface area contributed by atoms with E-state index < -0.39 is 23.6 Å². The summed E-state index contributed by atoms with van der Waals surface area (Å²) in [5.74, 6) is -2.52. The molecule has 166 valence electrons. The maximum absolute atomic E-state index is 14.8. The van der Waals surface area contributed by atoms with Crippen molar-refractivity contribution in [1.82, 2.24) is 4.98 Å². The maximum atomic E-state index is 14.8. The van der Waals surface area contributed by atoms with Crippen molar-refractivity contribution in [1.29, 1.82) is 0 Å². The predicted molar refractivity (Wildman–Crippen MR) is 128 cm³/mol. The Morgan fingerprint density at radius 1 is 0.970 bits per heavy atom. The molecule has 5 nitrogen and oxygen atoms in total. The number of carboxylic acid groups (broad SMARTS) is 1. The summed E-state index contributed by atoms with van der Waals surface area (Å²) in [6, 6.07) is 19.6. The van der Waals surface area contributed by atoms with Gasteiger partial charge in [0.1, 0.15) is 5.82 Å². The van der Waals surface area contributed by atoms with Crippen LogP contribution in [-0.4, -0.2) is 21.8 Å². The molecule has 0 spiro atoms. The zero-order valence-corrected chi connectivity index (χ0v) is 18.4. The number of rotatable bonds is 6. The lowest BCUT2D eigenvalue weighted by molar-refractivity contribution is -0.142. The molecular weight excluding hydrogens is 439 g/mol. The summed E-state index contributed by atoms with van der Waals surface area (Å²) in [5, 5.41) is 13.0. The summed E-state index contributed by atoms with van der Waals surface area (Å²) < 4.78 is 15.8. The minimum atomic E-state index is -0.905. The first-order chi connectivity index (χ1) is 16.0. The highest BCUT2D eigenvalue weighted by Gasteiger charge is 2.37. The van der Waals surface area contributed by atoms with Crippen LogP contribution in [0.1, 0.15) is 29.6 Å². The molecule has 2 atom stereocenters. The minimum Gasteiger partial charge on any atom is -0.481 e. The number of ketones is 1. The van der Waals surface area contributed by atoms with Crippen molar-refractivity contribution >= 4 is 44.1 Å². The molecule has 3 aromatic carbocycles. The number of halogens is 1. The molecule has 4 aromatic rings. The van der Waals surface area contributed by atoms with Crippen LogP contribution in [0, 0.1) is 17.7 Å². The van der Waals surface area contributed by atoms with E-state index >= 15 is 0 Å². The van der Waals surface area contributed by atoms with Crippen LogP contribution >= 0.6 is 11.3 Å². The minimum absolute atomic E-state index is 0.131. The van der Waals surface area contributed by atoms with Gasteiger partial charge in [0.25, 0.3) is 0 Å². The monoisotopic (exact) mass is 460 g/mol. The molecule has 1 saturated carbocycles. The fourth-order valence-corrected chi connectivity index (χ4v) is 5.33. The van der Waals surface area contributed by atoms with Crippen molar-refractivity contribution < 1.29 is 19.1 Å². The molecule has 1 aliphatic rings. The molecule has 0 bridgehead atoms. The van der Waals surface area contributed by atoms with Gasteiger partial charge in [-0.1, -0.05) is 60.2 Å². The zero-order valence-electron chi connectivity index (χ0n) is 17.6. The third-order valence-corrected chi connectivity index (χ3v) is 7.13. The van der Waals surface area contributed by atoms with E-state index in [4.69, 9.17) is 0 Å². The summed E-state index contributed by atoms with van der Waals surface area (Å²) in [6.07, 6.45) is 1.90. The van der Waals surface area contributed by atoms with E-state index in [0.29, 0.717) is 34.8 Å². The number of Topliss-reactive ketones (excluding diaryl/α,β-unsaturated/α-hetero) is 1. The highest BCUT2D eigenvalue weighted by molar-refractivity contribution is 7.22. The van der Waals surface area contributed by atoms with Crippen molar-refractivity contribution in [3.8, 4) is 11.1 Å². The molecule has 1 aromatic heterocycles. The summed E-state index contributed by atoms with van der Waals surface area (Å²) >= 11 is 1.46. The Morgan fingerprint density at radius 3 is 2.42 bits per heavy atom. The molecule has 0 unspecified atom stereocenters. The number of aromatic nitrogens is 1. The largest absolute Gasteiger partial charge is 0.481 e. The summed E-state index contributed by atoms with van der Waals surface area (Å²) in [4.78, 5) is 28.7. The first-order valence-corrected chi connectivity index (χ1v) is 11.6. The van der Waals surface area contributed by atoms with Crippen LogP contribution in [0.5, 0.6) is 0 Å². The Labute approximate surface area is 193 Å². The van der Waals surface area contributed by atoms with E-state index in [1.807, 2.05) is 30.3 Å². The van der Waals surface area contributed by atoms with Crippen molar-refractivity contribution in [2.75, 3.05) is 5.32 Å². The normalized spacial score (nSPS) is 17.8. The molecule has 0 saturated heterocycles.